The molecule has 3 amide bonds. The second-order valence-corrected chi connectivity index (χ2v) is 35.0. The Hall–Kier alpha value is -3.72. The van der Waals surface area contributed by atoms with Gasteiger partial charge in [-0.05, 0) is 57.8 Å². The zero-order valence-electron chi connectivity index (χ0n) is 74.4. The average molecular weight is 1660 g/mol. The molecule has 0 aliphatic carbocycles. The maximum absolute atomic E-state index is 15.0. The lowest BCUT2D eigenvalue weighted by atomic mass is 9.95. The van der Waals surface area contributed by atoms with Gasteiger partial charge in [0.2, 0.25) is 17.7 Å². The number of phosphoric ester groups is 1. The number of carbonyl (C=O) groups is 7. The first-order valence-corrected chi connectivity index (χ1v) is 49.6. The summed E-state index contributed by atoms with van der Waals surface area (Å²) in [6.45, 7) is 11.5. The van der Waals surface area contributed by atoms with Crippen LogP contribution in [0.5, 0.6) is 0 Å². The first-order valence-electron chi connectivity index (χ1n) is 48.1. The summed E-state index contributed by atoms with van der Waals surface area (Å²) < 4.78 is 55.6. The van der Waals surface area contributed by atoms with Gasteiger partial charge < -0.3 is 59.7 Å². The molecule has 1 aliphatic rings. The van der Waals surface area contributed by atoms with Crippen LogP contribution in [-0.4, -0.2) is 125 Å². The van der Waals surface area contributed by atoms with Crippen LogP contribution in [0, 0.1) is 0 Å². The Kier molecular flexibility index (Phi) is 73.7. The third-order valence-electron chi connectivity index (χ3n) is 22.7. The van der Waals surface area contributed by atoms with Crippen LogP contribution in [0.4, 0.5) is 0 Å². The van der Waals surface area contributed by atoms with Crippen molar-refractivity contribution in [3.8, 4) is 0 Å². The van der Waals surface area contributed by atoms with Gasteiger partial charge in [0, 0.05) is 19.3 Å². The predicted octanol–water partition coefficient (Wildman–Crippen LogP) is 23.3. The fourth-order valence-electron chi connectivity index (χ4n) is 15.6. The molecule has 21 nitrogen and oxygen atoms in total. The number of unbranched alkanes of at least 4 members (excludes halogenated alkanes) is 54. The monoisotopic (exact) mass is 1650 g/mol. The molecule has 0 aromatic heterocycles. The molecule has 0 aromatic carbocycles. The molecule has 1 heterocycles. The van der Waals surface area contributed by atoms with Gasteiger partial charge >= 0.3 is 31.7 Å². The van der Waals surface area contributed by atoms with E-state index < -0.39 is 130 Å². The van der Waals surface area contributed by atoms with Crippen LogP contribution >= 0.6 is 7.82 Å². The Balaban J connectivity index is 3.83. The fourth-order valence-corrected chi connectivity index (χ4v) is 16.2. The summed E-state index contributed by atoms with van der Waals surface area (Å²) in [5, 5.41) is 16.6. The highest BCUT2D eigenvalue weighted by Gasteiger charge is 2.52. The number of rotatable bonds is 85. The molecular formula is C93H176N3O18P. The van der Waals surface area contributed by atoms with Gasteiger partial charge in [-0.25, -0.2) is 4.57 Å². The lowest BCUT2D eigenvalue weighted by Gasteiger charge is -2.45. The van der Waals surface area contributed by atoms with E-state index in [1.807, 2.05) is 0 Å². The number of ether oxygens (including phenoxy) is 6. The third kappa shape index (κ3) is 65.7. The molecule has 0 spiro atoms. The molecule has 0 saturated carbocycles. The summed E-state index contributed by atoms with van der Waals surface area (Å²) in [7, 11) is -5.56. The van der Waals surface area contributed by atoms with Crippen molar-refractivity contribution in [1.29, 1.82) is 0 Å². The van der Waals surface area contributed by atoms with Gasteiger partial charge in [-0.1, -0.05) is 388 Å². The van der Waals surface area contributed by atoms with Gasteiger partial charge in [0.05, 0.1) is 32.5 Å². The van der Waals surface area contributed by atoms with Crippen molar-refractivity contribution in [2.75, 3.05) is 13.2 Å². The van der Waals surface area contributed by atoms with Gasteiger partial charge in [-0.2, -0.15) is 0 Å². The molecule has 0 bridgehead atoms. The summed E-state index contributed by atoms with van der Waals surface area (Å²) in [6, 6.07) is -3.34. The van der Waals surface area contributed by atoms with E-state index in [4.69, 9.17) is 38.7 Å². The van der Waals surface area contributed by atoms with Crippen molar-refractivity contribution in [2.45, 2.75) is 540 Å². The van der Waals surface area contributed by atoms with Crippen LogP contribution in [-0.2, 0) is 71.1 Å². The molecule has 115 heavy (non-hydrogen) atoms. The minimum absolute atomic E-state index is 0.137. The maximum atomic E-state index is 15.0. The molecule has 7 N–H and O–H groups in total. The molecule has 1 rings (SSSR count). The summed E-state index contributed by atoms with van der Waals surface area (Å²) in [5.41, 5.74) is 6.04. The molecule has 22 heteroatoms. The summed E-state index contributed by atoms with van der Waals surface area (Å²) >= 11 is 0. The van der Waals surface area contributed by atoms with Crippen molar-refractivity contribution < 1.29 is 86.0 Å². The highest BCUT2D eigenvalue weighted by atomic mass is 31.2. The number of aliphatic hydroxyl groups is 1. The lowest BCUT2D eigenvalue weighted by molar-refractivity contribution is -0.272. The van der Waals surface area contributed by atoms with Crippen molar-refractivity contribution in [3.05, 3.63) is 0 Å². The van der Waals surface area contributed by atoms with Gasteiger partial charge in [-0.15, -0.1) is 0 Å². The summed E-state index contributed by atoms with van der Waals surface area (Å²) in [4.78, 5) is 120. The largest absolute Gasteiger partial charge is 0.470 e. The van der Waals surface area contributed by atoms with Crippen molar-refractivity contribution in [3.63, 3.8) is 0 Å². The van der Waals surface area contributed by atoms with E-state index in [-0.39, 0.29) is 25.7 Å². The SMILES string of the molecule is CCCCCCCCCCCCCC(=O)O[C@H](CCCCCCCCCCC)CC(=O)N[C@@H](COC1O[C@H](CO)[C@@H](OP(=O)(O)O)[C@H](OC(=O)C[C@@H](CCCCCCCCCCC)OC(=O)CCCCCCCCCCCCC)[C@H]1NC(=O)C[C@@H](CCCCCCCCCCC)OC(=O)CCCCCCCCCCCCC)C(N)=O. The van der Waals surface area contributed by atoms with E-state index in [9.17, 15) is 53.0 Å². The number of esters is 4. The van der Waals surface area contributed by atoms with Crippen LogP contribution in [0.2, 0.25) is 0 Å². The molecule has 1 aliphatic heterocycles. The second kappa shape index (κ2) is 77.6. The smallest absolute Gasteiger partial charge is 0.462 e. The fraction of sp³-hybridized carbons (Fsp3) is 0.925. The van der Waals surface area contributed by atoms with Gasteiger partial charge in [-0.3, -0.25) is 38.1 Å². The van der Waals surface area contributed by atoms with Crippen LogP contribution in [0.1, 0.15) is 485 Å². The third-order valence-corrected chi connectivity index (χ3v) is 23.3. The quantitative estimate of drug-likeness (QED) is 0.0143. The minimum Gasteiger partial charge on any atom is -0.462 e. The highest BCUT2D eigenvalue weighted by molar-refractivity contribution is 7.46. The van der Waals surface area contributed by atoms with E-state index >= 15 is 0 Å². The number of hydrogen-bond acceptors (Lipinski definition) is 16. The first kappa shape index (κ1) is 109. The van der Waals surface area contributed by atoms with Crippen LogP contribution in [0.15, 0.2) is 0 Å². The molecule has 1 saturated heterocycles. The van der Waals surface area contributed by atoms with Gasteiger partial charge in [0.1, 0.15) is 42.6 Å². The maximum Gasteiger partial charge on any atom is 0.470 e. The molecule has 9 atom stereocenters. The molecule has 676 valence electrons. The van der Waals surface area contributed by atoms with E-state index in [2.05, 4.69) is 52.2 Å². The van der Waals surface area contributed by atoms with Crippen LogP contribution < -0.4 is 16.4 Å². The van der Waals surface area contributed by atoms with Gasteiger partial charge in [0.25, 0.3) is 0 Å². The molecular weight excluding hydrogens is 1480 g/mol. The zero-order valence-corrected chi connectivity index (χ0v) is 75.3. The molecule has 0 radical (unpaired) electrons. The Morgan fingerprint density at radius 1 is 0.365 bits per heavy atom. The van der Waals surface area contributed by atoms with E-state index in [1.54, 1.807) is 0 Å². The first-order chi connectivity index (χ1) is 55.8. The van der Waals surface area contributed by atoms with Crippen molar-refractivity contribution >= 4 is 49.4 Å². The number of hydrogen-bond donors (Lipinski definition) is 6. The Morgan fingerprint density at radius 2 is 0.635 bits per heavy atom. The number of nitrogens with two attached hydrogens (primary N) is 1. The average Bonchev–Trinajstić information content (AvgIpc) is 0.779. The van der Waals surface area contributed by atoms with E-state index in [1.165, 1.54) is 173 Å². The lowest BCUT2D eigenvalue weighted by Crippen LogP contribution is -2.67. The topological polar surface area (TPSA) is 312 Å². The summed E-state index contributed by atoms with van der Waals surface area (Å²) in [6.07, 6.45) is 54.6. The Morgan fingerprint density at radius 3 is 0.913 bits per heavy atom. The minimum atomic E-state index is -5.56. The number of carbonyl (C=O) groups excluding carboxylic acids is 7. The molecule has 1 unspecified atom stereocenters. The van der Waals surface area contributed by atoms with Gasteiger partial charge in [0.15, 0.2) is 12.4 Å². The van der Waals surface area contributed by atoms with Crippen LogP contribution in [0.3, 0.4) is 0 Å². The molecule has 1 fully saturated rings. The molecule has 0 aromatic rings. The van der Waals surface area contributed by atoms with E-state index in [0.29, 0.717) is 57.8 Å². The van der Waals surface area contributed by atoms with E-state index in [0.717, 1.165) is 173 Å². The highest BCUT2D eigenvalue weighted by Crippen LogP contribution is 2.43. The van der Waals surface area contributed by atoms with Crippen molar-refractivity contribution in [2.24, 2.45) is 5.73 Å². The normalized spacial score (nSPS) is 16.7. The standard InChI is InChI=1S/C93H176N3O18P/c1-7-13-19-25-31-37-40-46-52-58-64-70-85(100)109-78(67-61-55-49-43-34-28-22-16-10-4)73-83(98)95-81(92(94)104)77-108-93-89(96-84(99)74-79(68-62-56-50-44-35-29-23-17-11-5)110-86(101)71-65-59-53-47-41-38-32-26-20-14-8-2)91(90(82(76-97)112-93)114-115(105,106)107)113-88(103)75-80(69-63-57-51-45-36-30-24-18-12-6)111-87(102)72-66-60-54-48-42-39-33-27-21-15-9-3/h78-82,89-91,93,97H,7-77H2,1-6H3,(H2,94,104)(H,95,98)(H,96,99)(H2,105,106,107)/t78-,79-,80-,81+,82-,89-,90-,91-,93?/m1/s1. The number of aliphatic hydroxyl groups excluding tert-OH is 1. The number of phosphoric acid groups is 1. The zero-order chi connectivity index (χ0) is 84.3. The number of primary amides is 1. The number of amides is 3. The predicted molar refractivity (Wildman–Crippen MR) is 464 cm³/mol. The summed E-state index contributed by atoms with van der Waals surface area (Å²) in [5.74, 6) is -4.81. The van der Waals surface area contributed by atoms with Crippen molar-refractivity contribution in [1.82, 2.24) is 10.6 Å². The number of nitrogens with one attached hydrogen (secondary N) is 2. The van der Waals surface area contributed by atoms with Crippen LogP contribution in [0.25, 0.3) is 0 Å². The Bertz CT molecular complexity index is 2380. The second-order valence-electron chi connectivity index (χ2n) is 33.8. The Labute approximate surface area is 701 Å².